The molecule has 3 N–H and O–H groups in total. The molecule has 7 heteroatoms. The highest BCUT2D eigenvalue weighted by atomic mass is 127. The summed E-state index contributed by atoms with van der Waals surface area (Å²) in [6.07, 6.45) is 1.49. The van der Waals surface area contributed by atoms with Gasteiger partial charge in [-0.25, -0.2) is 4.39 Å². The van der Waals surface area contributed by atoms with Crippen LogP contribution in [0.5, 0.6) is 0 Å². The van der Waals surface area contributed by atoms with Crippen molar-refractivity contribution in [2.75, 3.05) is 26.7 Å². The third-order valence-corrected chi connectivity index (χ3v) is 3.79. The van der Waals surface area contributed by atoms with Gasteiger partial charge < -0.3 is 16.0 Å². The number of carbonyl (C=O) groups is 1. The summed E-state index contributed by atoms with van der Waals surface area (Å²) < 4.78 is 13.1. The molecule has 0 fully saturated rings. The molecule has 0 aliphatic heterocycles. The van der Waals surface area contributed by atoms with E-state index in [9.17, 15) is 9.18 Å². The zero-order chi connectivity index (χ0) is 18.6. The molecule has 1 amide bonds. The first kappa shape index (κ1) is 22.9. The van der Waals surface area contributed by atoms with Crippen LogP contribution in [0.15, 0.2) is 59.6 Å². The van der Waals surface area contributed by atoms with Crippen LogP contribution in [0, 0.1) is 5.82 Å². The molecule has 2 aromatic rings. The summed E-state index contributed by atoms with van der Waals surface area (Å²) >= 11 is 0. The molecule has 0 radical (unpaired) electrons. The maximum atomic E-state index is 13.1. The predicted molar refractivity (Wildman–Crippen MR) is 118 cm³/mol. The maximum absolute atomic E-state index is 13.1. The highest BCUT2D eigenvalue weighted by molar-refractivity contribution is 14.0. The molecule has 0 aliphatic rings. The molecule has 2 aromatic carbocycles. The highest BCUT2D eigenvalue weighted by Gasteiger charge is 2.03. The van der Waals surface area contributed by atoms with Crippen LogP contribution in [0.25, 0.3) is 0 Å². The van der Waals surface area contributed by atoms with Gasteiger partial charge in [-0.05, 0) is 42.7 Å². The number of nitrogens with zero attached hydrogens (tertiary/aromatic N) is 1. The lowest BCUT2D eigenvalue weighted by Crippen LogP contribution is -2.39. The number of nitrogens with one attached hydrogen (secondary N) is 3. The Morgan fingerprint density at radius 2 is 1.67 bits per heavy atom. The fourth-order valence-electron chi connectivity index (χ4n) is 2.43. The lowest BCUT2D eigenvalue weighted by molar-refractivity contribution is 0.0953. The normalized spacial score (nSPS) is 10.7. The molecule has 0 bridgehead atoms. The third kappa shape index (κ3) is 8.85. The van der Waals surface area contributed by atoms with Crippen LogP contribution in [0.2, 0.25) is 0 Å². The van der Waals surface area contributed by atoms with Gasteiger partial charge in [0.05, 0.1) is 0 Å². The zero-order valence-electron chi connectivity index (χ0n) is 15.4. The summed E-state index contributed by atoms with van der Waals surface area (Å²) in [6.45, 7) is 1.93. The van der Waals surface area contributed by atoms with Crippen molar-refractivity contribution in [2.45, 2.75) is 12.8 Å². The van der Waals surface area contributed by atoms with E-state index in [-0.39, 0.29) is 35.7 Å². The largest absolute Gasteiger partial charge is 0.356 e. The van der Waals surface area contributed by atoms with Gasteiger partial charge in [-0.2, -0.15) is 0 Å². The fraction of sp³-hybridized carbons (Fsp3) is 0.300. The van der Waals surface area contributed by atoms with E-state index in [2.05, 4.69) is 20.9 Å². The van der Waals surface area contributed by atoms with E-state index >= 15 is 0 Å². The molecule has 0 heterocycles. The number of guanidine groups is 1. The second-order valence-electron chi connectivity index (χ2n) is 5.78. The average Bonchev–Trinajstić information content (AvgIpc) is 2.67. The minimum atomic E-state index is -0.220. The highest BCUT2D eigenvalue weighted by Crippen LogP contribution is 2.03. The molecular formula is C20H26FIN4O. The number of halogens is 2. The topological polar surface area (TPSA) is 65.5 Å². The van der Waals surface area contributed by atoms with Gasteiger partial charge in [0.15, 0.2) is 5.96 Å². The molecule has 0 spiro atoms. The lowest BCUT2D eigenvalue weighted by atomic mass is 10.1. The number of hydrogen-bond acceptors (Lipinski definition) is 2. The van der Waals surface area contributed by atoms with E-state index in [1.807, 2.05) is 24.3 Å². The summed E-state index contributed by atoms with van der Waals surface area (Å²) in [7, 11) is 1.70. The smallest absolute Gasteiger partial charge is 0.251 e. The van der Waals surface area contributed by atoms with Crippen LogP contribution in [-0.2, 0) is 6.42 Å². The molecule has 5 nitrogen and oxygen atoms in total. The van der Waals surface area contributed by atoms with Crippen molar-refractivity contribution in [1.29, 1.82) is 0 Å². The number of carbonyl (C=O) groups excluding carboxylic acids is 1. The van der Waals surface area contributed by atoms with Gasteiger partial charge in [-0.1, -0.05) is 30.3 Å². The lowest BCUT2D eigenvalue weighted by Gasteiger charge is -2.12. The molecular weight excluding hydrogens is 458 g/mol. The summed E-state index contributed by atoms with van der Waals surface area (Å²) in [6, 6.07) is 15.7. The molecule has 0 saturated carbocycles. The Morgan fingerprint density at radius 3 is 2.37 bits per heavy atom. The Morgan fingerprint density at radius 1 is 0.963 bits per heavy atom. The number of aliphatic imine (C=N–C) groups is 1. The van der Waals surface area contributed by atoms with Crippen molar-refractivity contribution < 1.29 is 9.18 Å². The Balaban J connectivity index is 0.00000364. The fourth-order valence-corrected chi connectivity index (χ4v) is 2.43. The van der Waals surface area contributed by atoms with Crippen molar-refractivity contribution >= 4 is 35.8 Å². The molecule has 0 unspecified atom stereocenters. The Hall–Kier alpha value is -2.16. The quantitative estimate of drug-likeness (QED) is 0.234. The van der Waals surface area contributed by atoms with Crippen LogP contribution in [0.3, 0.4) is 0 Å². The molecule has 0 saturated heterocycles. The Kier molecular flexibility index (Phi) is 11.1. The standard InChI is InChI=1S/C20H25FN4O.HI/c1-22-20(25-14-11-16-7-5-10-18(21)15-16)24-13-6-12-23-19(26)17-8-3-2-4-9-17;/h2-5,7-10,15H,6,11-14H2,1H3,(H,23,26)(H2,22,24,25);1H. The number of benzene rings is 2. The van der Waals surface area contributed by atoms with Gasteiger partial charge in [0.2, 0.25) is 0 Å². The Bertz CT molecular complexity index is 725. The van der Waals surface area contributed by atoms with Crippen LogP contribution >= 0.6 is 24.0 Å². The minimum absolute atomic E-state index is 0. The average molecular weight is 484 g/mol. The minimum Gasteiger partial charge on any atom is -0.356 e. The van der Waals surface area contributed by atoms with E-state index in [0.717, 1.165) is 12.0 Å². The number of hydrogen-bond donors (Lipinski definition) is 3. The molecule has 0 atom stereocenters. The molecule has 0 aliphatic carbocycles. The Labute approximate surface area is 176 Å². The monoisotopic (exact) mass is 484 g/mol. The van der Waals surface area contributed by atoms with Gasteiger partial charge in [0.1, 0.15) is 5.82 Å². The van der Waals surface area contributed by atoms with Crippen molar-refractivity contribution in [2.24, 2.45) is 4.99 Å². The van der Waals surface area contributed by atoms with Crippen molar-refractivity contribution in [1.82, 2.24) is 16.0 Å². The van der Waals surface area contributed by atoms with Crippen molar-refractivity contribution in [3.8, 4) is 0 Å². The second kappa shape index (κ2) is 13.1. The number of amides is 1. The van der Waals surface area contributed by atoms with Gasteiger partial charge in [0, 0.05) is 32.2 Å². The first-order valence-electron chi connectivity index (χ1n) is 8.71. The van der Waals surface area contributed by atoms with Crippen molar-refractivity contribution in [3.05, 3.63) is 71.5 Å². The molecule has 0 aromatic heterocycles. The molecule has 27 heavy (non-hydrogen) atoms. The maximum Gasteiger partial charge on any atom is 0.251 e. The van der Waals surface area contributed by atoms with E-state index in [0.29, 0.717) is 37.6 Å². The van der Waals surface area contributed by atoms with E-state index in [4.69, 9.17) is 0 Å². The molecule has 146 valence electrons. The second-order valence-corrected chi connectivity index (χ2v) is 5.78. The first-order valence-corrected chi connectivity index (χ1v) is 8.71. The van der Waals surface area contributed by atoms with Gasteiger partial charge in [-0.15, -0.1) is 24.0 Å². The predicted octanol–water partition coefficient (Wildman–Crippen LogP) is 2.97. The van der Waals surface area contributed by atoms with Gasteiger partial charge in [0.25, 0.3) is 5.91 Å². The van der Waals surface area contributed by atoms with E-state index < -0.39 is 0 Å². The summed E-state index contributed by atoms with van der Waals surface area (Å²) in [5.41, 5.74) is 1.60. The van der Waals surface area contributed by atoms with Gasteiger partial charge >= 0.3 is 0 Å². The summed E-state index contributed by atoms with van der Waals surface area (Å²) in [5, 5.41) is 9.27. The summed E-state index contributed by atoms with van der Waals surface area (Å²) in [4.78, 5) is 16.1. The van der Waals surface area contributed by atoms with Crippen LogP contribution in [0.1, 0.15) is 22.3 Å². The van der Waals surface area contributed by atoms with E-state index in [1.165, 1.54) is 12.1 Å². The van der Waals surface area contributed by atoms with Crippen LogP contribution in [0.4, 0.5) is 4.39 Å². The SMILES string of the molecule is CN=C(NCCCNC(=O)c1ccccc1)NCCc1cccc(F)c1.I. The van der Waals surface area contributed by atoms with Crippen molar-refractivity contribution in [3.63, 3.8) is 0 Å². The summed E-state index contributed by atoms with van der Waals surface area (Å²) in [5.74, 6) is 0.404. The number of rotatable bonds is 8. The zero-order valence-corrected chi connectivity index (χ0v) is 17.7. The van der Waals surface area contributed by atoms with Gasteiger partial charge in [-0.3, -0.25) is 9.79 Å². The molecule has 2 rings (SSSR count). The third-order valence-electron chi connectivity index (χ3n) is 3.79. The van der Waals surface area contributed by atoms with Crippen LogP contribution in [-0.4, -0.2) is 38.5 Å². The van der Waals surface area contributed by atoms with E-state index in [1.54, 1.807) is 25.2 Å². The van der Waals surface area contributed by atoms with Crippen LogP contribution < -0.4 is 16.0 Å². The first-order chi connectivity index (χ1) is 12.7.